The van der Waals surface area contributed by atoms with Gasteiger partial charge in [0.05, 0.1) is 10.9 Å². The maximum Gasteiger partial charge on any atom is 0.243 e. The van der Waals surface area contributed by atoms with Crippen molar-refractivity contribution in [2.45, 2.75) is 37.6 Å². The largest absolute Gasteiger partial charge is 0.349 e. The molecule has 1 unspecified atom stereocenters. The van der Waals surface area contributed by atoms with Gasteiger partial charge in [0.2, 0.25) is 15.9 Å². The number of hydrogen-bond acceptors (Lipinski definition) is 3. The monoisotopic (exact) mass is 386 g/mol. The average Bonchev–Trinajstić information content (AvgIpc) is 2.69. The van der Waals surface area contributed by atoms with Gasteiger partial charge in [-0.2, -0.15) is 4.31 Å². The zero-order valence-electron chi connectivity index (χ0n) is 15.8. The number of nitrogens with zero attached hydrogens (tertiary/aromatic N) is 1. The molecule has 144 valence electrons. The summed E-state index contributed by atoms with van der Waals surface area (Å²) in [4.78, 5) is 12.9. The Hall–Kier alpha value is -2.18. The van der Waals surface area contributed by atoms with Crippen molar-refractivity contribution in [2.75, 3.05) is 13.1 Å². The highest BCUT2D eigenvalue weighted by atomic mass is 32.2. The number of sulfonamides is 1. The molecule has 0 spiro atoms. The predicted octanol–water partition coefficient (Wildman–Crippen LogP) is 3.27. The zero-order valence-corrected chi connectivity index (χ0v) is 16.6. The van der Waals surface area contributed by atoms with Gasteiger partial charge in [0.15, 0.2) is 0 Å². The van der Waals surface area contributed by atoms with E-state index in [9.17, 15) is 13.2 Å². The van der Waals surface area contributed by atoms with Crippen molar-refractivity contribution in [3.63, 3.8) is 0 Å². The van der Waals surface area contributed by atoms with Crippen LogP contribution in [-0.2, 0) is 14.8 Å². The van der Waals surface area contributed by atoms with Crippen LogP contribution in [0.2, 0.25) is 0 Å². The first-order valence-electron chi connectivity index (χ1n) is 9.30. The van der Waals surface area contributed by atoms with Gasteiger partial charge in [-0.3, -0.25) is 4.79 Å². The molecular weight excluding hydrogens is 360 g/mol. The minimum atomic E-state index is -3.48. The van der Waals surface area contributed by atoms with E-state index in [2.05, 4.69) is 5.32 Å². The fraction of sp³-hybridized carbons (Fsp3) is 0.381. The molecule has 0 aromatic heterocycles. The maximum absolute atomic E-state index is 12.7. The fourth-order valence-electron chi connectivity index (χ4n) is 3.37. The standard InChI is InChI=1S/C21H26N2O3S/c1-16-8-10-18(11-9-16)17(2)22-21(24)19-12-14-23(15-13-19)27(25,26)20-6-4-3-5-7-20/h3-11,17,19H,12-15H2,1-2H3,(H,22,24). The summed E-state index contributed by atoms with van der Waals surface area (Å²) in [6.07, 6.45) is 1.08. The maximum atomic E-state index is 12.7. The third-order valence-electron chi connectivity index (χ3n) is 5.14. The molecule has 1 heterocycles. The number of carbonyl (C=O) groups is 1. The first-order valence-corrected chi connectivity index (χ1v) is 10.7. The van der Waals surface area contributed by atoms with Gasteiger partial charge in [0.1, 0.15) is 0 Å². The molecule has 6 heteroatoms. The Morgan fingerprint density at radius 3 is 2.22 bits per heavy atom. The van der Waals surface area contributed by atoms with E-state index in [1.165, 1.54) is 9.87 Å². The third-order valence-corrected chi connectivity index (χ3v) is 7.05. The Morgan fingerprint density at radius 1 is 1.04 bits per heavy atom. The van der Waals surface area contributed by atoms with Crippen LogP contribution in [0.1, 0.15) is 36.9 Å². The lowest BCUT2D eigenvalue weighted by molar-refractivity contribution is -0.126. The van der Waals surface area contributed by atoms with Crippen molar-refractivity contribution in [2.24, 2.45) is 5.92 Å². The lowest BCUT2D eigenvalue weighted by Crippen LogP contribution is -2.43. The molecular formula is C21H26N2O3S. The molecule has 1 fully saturated rings. The average molecular weight is 387 g/mol. The van der Waals surface area contributed by atoms with Crippen LogP contribution in [0.5, 0.6) is 0 Å². The molecule has 0 bridgehead atoms. The first kappa shape index (κ1) is 19.6. The summed E-state index contributed by atoms with van der Waals surface area (Å²) in [5, 5.41) is 3.06. The molecule has 1 aliphatic rings. The molecule has 1 atom stereocenters. The lowest BCUT2D eigenvalue weighted by Gasteiger charge is -2.31. The van der Waals surface area contributed by atoms with E-state index in [1.807, 2.05) is 38.1 Å². The Bertz CT molecular complexity index is 871. The Kier molecular flexibility index (Phi) is 5.97. The molecule has 0 radical (unpaired) electrons. The van der Waals surface area contributed by atoms with Crippen molar-refractivity contribution in [3.05, 3.63) is 65.7 Å². The molecule has 1 aliphatic heterocycles. The van der Waals surface area contributed by atoms with Crippen LogP contribution in [0.25, 0.3) is 0 Å². The third kappa shape index (κ3) is 4.57. The first-order chi connectivity index (χ1) is 12.9. The quantitative estimate of drug-likeness (QED) is 0.858. The van der Waals surface area contributed by atoms with Crippen molar-refractivity contribution in [1.82, 2.24) is 9.62 Å². The van der Waals surface area contributed by atoms with E-state index in [-0.39, 0.29) is 17.9 Å². The van der Waals surface area contributed by atoms with E-state index < -0.39 is 10.0 Å². The number of piperidine rings is 1. The summed E-state index contributed by atoms with van der Waals surface area (Å²) < 4.78 is 26.8. The number of benzene rings is 2. The van der Waals surface area contributed by atoms with E-state index in [1.54, 1.807) is 30.3 Å². The van der Waals surface area contributed by atoms with Gasteiger partial charge >= 0.3 is 0 Å². The molecule has 27 heavy (non-hydrogen) atoms. The second-order valence-corrected chi connectivity index (χ2v) is 9.07. The molecule has 0 aliphatic carbocycles. The van der Waals surface area contributed by atoms with Crippen LogP contribution < -0.4 is 5.32 Å². The van der Waals surface area contributed by atoms with Crippen molar-refractivity contribution in [1.29, 1.82) is 0 Å². The number of carbonyl (C=O) groups excluding carboxylic acids is 1. The van der Waals surface area contributed by atoms with Crippen LogP contribution in [0.15, 0.2) is 59.5 Å². The molecule has 1 saturated heterocycles. The van der Waals surface area contributed by atoms with E-state index >= 15 is 0 Å². The molecule has 0 saturated carbocycles. The highest BCUT2D eigenvalue weighted by Gasteiger charge is 2.32. The van der Waals surface area contributed by atoms with Crippen LogP contribution >= 0.6 is 0 Å². The number of amides is 1. The van der Waals surface area contributed by atoms with Crippen molar-refractivity contribution in [3.8, 4) is 0 Å². The summed E-state index contributed by atoms with van der Waals surface area (Å²) in [6.45, 7) is 4.74. The van der Waals surface area contributed by atoms with Gasteiger partial charge in [-0.15, -0.1) is 0 Å². The summed E-state index contributed by atoms with van der Waals surface area (Å²) in [5.74, 6) is -0.153. The molecule has 2 aromatic rings. The number of nitrogens with one attached hydrogen (secondary N) is 1. The van der Waals surface area contributed by atoms with Gasteiger partial charge in [0, 0.05) is 19.0 Å². The minimum absolute atomic E-state index is 0.000154. The zero-order chi connectivity index (χ0) is 19.4. The van der Waals surface area contributed by atoms with Gasteiger partial charge < -0.3 is 5.32 Å². The second-order valence-electron chi connectivity index (χ2n) is 7.13. The topological polar surface area (TPSA) is 66.5 Å². The summed E-state index contributed by atoms with van der Waals surface area (Å²) in [6, 6.07) is 16.5. The van der Waals surface area contributed by atoms with Crippen molar-refractivity contribution >= 4 is 15.9 Å². The lowest BCUT2D eigenvalue weighted by atomic mass is 9.96. The van der Waals surface area contributed by atoms with Gasteiger partial charge in [-0.05, 0) is 44.4 Å². The smallest absolute Gasteiger partial charge is 0.243 e. The number of hydrogen-bond donors (Lipinski definition) is 1. The molecule has 5 nitrogen and oxygen atoms in total. The van der Waals surface area contributed by atoms with Crippen LogP contribution in [0.3, 0.4) is 0 Å². The van der Waals surface area contributed by atoms with E-state index in [0.29, 0.717) is 30.8 Å². The summed E-state index contributed by atoms with van der Waals surface area (Å²) >= 11 is 0. The predicted molar refractivity (Wildman–Crippen MR) is 106 cm³/mol. The van der Waals surface area contributed by atoms with E-state index in [0.717, 1.165) is 5.56 Å². The normalized spacial score (nSPS) is 17.4. The highest BCUT2D eigenvalue weighted by Crippen LogP contribution is 2.24. The van der Waals surface area contributed by atoms with Crippen molar-refractivity contribution < 1.29 is 13.2 Å². The Balaban J connectivity index is 1.57. The molecule has 3 rings (SSSR count). The number of aryl methyl sites for hydroxylation is 1. The van der Waals surface area contributed by atoms with Crippen LogP contribution in [0, 0.1) is 12.8 Å². The van der Waals surface area contributed by atoms with Crippen LogP contribution in [0.4, 0.5) is 0 Å². The number of rotatable bonds is 5. The fourth-order valence-corrected chi connectivity index (χ4v) is 4.86. The van der Waals surface area contributed by atoms with Gasteiger partial charge in [0.25, 0.3) is 0 Å². The molecule has 2 aromatic carbocycles. The summed E-state index contributed by atoms with van der Waals surface area (Å²) in [7, 11) is -3.48. The highest BCUT2D eigenvalue weighted by molar-refractivity contribution is 7.89. The second kappa shape index (κ2) is 8.23. The minimum Gasteiger partial charge on any atom is -0.349 e. The molecule has 1 amide bonds. The van der Waals surface area contributed by atoms with Gasteiger partial charge in [-0.1, -0.05) is 48.0 Å². The van der Waals surface area contributed by atoms with E-state index in [4.69, 9.17) is 0 Å². The van der Waals surface area contributed by atoms with Gasteiger partial charge in [-0.25, -0.2) is 8.42 Å². The Morgan fingerprint density at radius 2 is 1.63 bits per heavy atom. The molecule has 1 N–H and O–H groups in total. The Labute approximate surface area is 161 Å². The SMILES string of the molecule is Cc1ccc(C(C)NC(=O)C2CCN(S(=O)(=O)c3ccccc3)CC2)cc1. The van der Waals surface area contributed by atoms with Crippen LogP contribution in [-0.4, -0.2) is 31.7 Å². The summed E-state index contributed by atoms with van der Waals surface area (Å²) in [5.41, 5.74) is 2.25.